The van der Waals surface area contributed by atoms with Gasteiger partial charge >= 0.3 is 0 Å². The quantitative estimate of drug-likeness (QED) is 0.866. The van der Waals surface area contributed by atoms with Crippen molar-refractivity contribution in [1.29, 1.82) is 0 Å². The molecule has 0 spiro atoms. The fourth-order valence-corrected chi connectivity index (χ4v) is 1.96. The van der Waals surface area contributed by atoms with Gasteiger partial charge in [-0.05, 0) is 30.3 Å². The number of carbonyl (C=O) groups is 1. The van der Waals surface area contributed by atoms with Gasteiger partial charge in [0.2, 0.25) is 5.91 Å². The van der Waals surface area contributed by atoms with Crippen LogP contribution in [0.3, 0.4) is 0 Å². The van der Waals surface area contributed by atoms with Gasteiger partial charge in [0, 0.05) is 10.9 Å². The number of rotatable bonds is 5. The van der Waals surface area contributed by atoms with Gasteiger partial charge in [-0.3, -0.25) is 4.79 Å². The molecule has 116 valence electrons. The number of nitrogens with one attached hydrogen (secondary N) is 1. The van der Waals surface area contributed by atoms with Crippen LogP contribution in [0.4, 0.5) is 5.69 Å². The van der Waals surface area contributed by atoms with Crippen LogP contribution in [0.1, 0.15) is 13.8 Å². The molecule has 4 nitrogen and oxygen atoms in total. The number of anilines is 1. The van der Waals surface area contributed by atoms with Gasteiger partial charge in [-0.25, -0.2) is 0 Å². The highest BCUT2D eigenvalue weighted by Crippen LogP contribution is 2.36. The number of methoxy groups -OCH3 is 1. The highest BCUT2D eigenvalue weighted by molar-refractivity contribution is 6.31. The van der Waals surface area contributed by atoms with Crippen molar-refractivity contribution in [1.82, 2.24) is 0 Å². The molecule has 0 heterocycles. The Balaban J connectivity index is 2.32. The second-order valence-corrected chi connectivity index (χ2v) is 5.47. The van der Waals surface area contributed by atoms with Crippen LogP contribution in [-0.4, -0.2) is 13.0 Å². The molecule has 2 aromatic rings. The minimum Gasteiger partial charge on any atom is -0.493 e. The fourth-order valence-electron chi connectivity index (χ4n) is 1.79. The fraction of sp³-hybridized carbons (Fsp3) is 0.235. The molecule has 0 aliphatic rings. The molecule has 5 heteroatoms. The second kappa shape index (κ2) is 7.18. The van der Waals surface area contributed by atoms with E-state index in [2.05, 4.69) is 5.32 Å². The van der Waals surface area contributed by atoms with Gasteiger partial charge in [0.05, 0.1) is 12.8 Å². The summed E-state index contributed by atoms with van der Waals surface area (Å²) in [4.78, 5) is 11.9. The number of benzene rings is 2. The van der Waals surface area contributed by atoms with Crippen LogP contribution in [0, 0.1) is 5.92 Å². The number of hydrogen-bond acceptors (Lipinski definition) is 3. The molecule has 0 atom stereocenters. The van der Waals surface area contributed by atoms with E-state index in [1.807, 2.05) is 26.0 Å². The maximum absolute atomic E-state index is 11.9. The Morgan fingerprint density at radius 1 is 1.09 bits per heavy atom. The first-order valence-corrected chi connectivity index (χ1v) is 7.30. The van der Waals surface area contributed by atoms with E-state index in [1.54, 1.807) is 37.4 Å². The molecule has 1 amide bonds. The van der Waals surface area contributed by atoms with E-state index in [1.165, 1.54) is 0 Å². The summed E-state index contributed by atoms with van der Waals surface area (Å²) in [5.41, 5.74) is 0.525. The third-order valence-electron chi connectivity index (χ3n) is 3.01. The van der Waals surface area contributed by atoms with Crippen molar-refractivity contribution in [2.45, 2.75) is 13.8 Å². The van der Waals surface area contributed by atoms with E-state index in [0.717, 1.165) is 0 Å². The Bertz CT molecular complexity index is 671. The summed E-state index contributed by atoms with van der Waals surface area (Å²) in [5.74, 6) is 1.43. The average molecular weight is 320 g/mol. The molecule has 0 radical (unpaired) electrons. The van der Waals surface area contributed by atoms with Crippen LogP contribution < -0.4 is 14.8 Å². The Morgan fingerprint density at radius 3 is 2.41 bits per heavy atom. The maximum atomic E-state index is 11.9. The molecular formula is C17H18ClNO3. The van der Waals surface area contributed by atoms with Crippen LogP contribution in [-0.2, 0) is 4.79 Å². The second-order valence-electron chi connectivity index (χ2n) is 5.04. The van der Waals surface area contributed by atoms with E-state index in [-0.39, 0.29) is 11.8 Å². The predicted molar refractivity (Wildman–Crippen MR) is 88.0 cm³/mol. The van der Waals surface area contributed by atoms with Crippen LogP contribution in [0.2, 0.25) is 5.02 Å². The minimum absolute atomic E-state index is 0.104. The van der Waals surface area contributed by atoms with Gasteiger partial charge in [0.1, 0.15) is 0 Å². The van der Waals surface area contributed by atoms with Crippen molar-refractivity contribution in [3.63, 3.8) is 0 Å². The standard InChI is InChI=1S/C17H18ClNO3/c1-11(2)17(20)19-13-10-12(18)8-9-14(13)22-16-7-5-4-6-15(16)21-3/h4-11H,1-3H3,(H,19,20). The zero-order chi connectivity index (χ0) is 16.1. The average Bonchev–Trinajstić information content (AvgIpc) is 2.50. The highest BCUT2D eigenvalue weighted by atomic mass is 35.5. The van der Waals surface area contributed by atoms with Crippen molar-refractivity contribution in [2.24, 2.45) is 5.92 Å². The molecule has 2 rings (SSSR count). The Morgan fingerprint density at radius 2 is 1.77 bits per heavy atom. The van der Waals surface area contributed by atoms with E-state index in [9.17, 15) is 4.79 Å². The number of halogens is 1. The lowest BCUT2D eigenvalue weighted by Gasteiger charge is -2.15. The van der Waals surface area contributed by atoms with Gasteiger partial charge in [0.25, 0.3) is 0 Å². The molecule has 22 heavy (non-hydrogen) atoms. The Hall–Kier alpha value is -2.20. The third-order valence-corrected chi connectivity index (χ3v) is 3.25. The molecule has 0 unspecified atom stereocenters. The van der Waals surface area contributed by atoms with Gasteiger partial charge in [-0.2, -0.15) is 0 Å². The lowest BCUT2D eigenvalue weighted by atomic mass is 10.2. The molecule has 1 N–H and O–H groups in total. The molecule has 0 aliphatic heterocycles. The number of hydrogen-bond donors (Lipinski definition) is 1. The van der Waals surface area contributed by atoms with Crippen molar-refractivity contribution in [3.8, 4) is 17.2 Å². The van der Waals surface area contributed by atoms with Crippen LogP contribution in [0.15, 0.2) is 42.5 Å². The van der Waals surface area contributed by atoms with Crippen molar-refractivity contribution >= 4 is 23.2 Å². The zero-order valence-electron chi connectivity index (χ0n) is 12.7. The Kier molecular flexibility index (Phi) is 5.28. The molecule has 2 aromatic carbocycles. The van der Waals surface area contributed by atoms with Gasteiger partial charge in [-0.15, -0.1) is 0 Å². The summed E-state index contributed by atoms with van der Waals surface area (Å²) in [6, 6.07) is 12.4. The smallest absolute Gasteiger partial charge is 0.227 e. The maximum Gasteiger partial charge on any atom is 0.227 e. The minimum atomic E-state index is -0.141. The van der Waals surface area contributed by atoms with E-state index in [0.29, 0.717) is 28.0 Å². The molecular weight excluding hydrogens is 302 g/mol. The largest absolute Gasteiger partial charge is 0.493 e. The van der Waals surface area contributed by atoms with E-state index in [4.69, 9.17) is 21.1 Å². The van der Waals surface area contributed by atoms with Gasteiger partial charge < -0.3 is 14.8 Å². The SMILES string of the molecule is COc1ccccc1Oc1ccc(Cl)cc1NC(=O)C(C)C. The zero-order valence-corrected chi connectivity index (χ0v) is 13.5. The third kappa shape index (κ3) is 3.92. The summed E-state index contributed by atoms with van der Waals surface area (Å²) in [7, 11) is 1.57. The topological polar surface area (TPSA) is 47.6 Å². The van der Waals surface area contributed by atoms with E-state index >= 15 is 0 Å². The normalized spacial score (nSPS) is 10.4. The Labute approximate surface area is 135 Å². The van der Waals surface area contributed by atoms with E-state index < -0.39 is 0 Å². The van der Waals surface area contributed by atoms with Crippen LogP contribution in [0.5, 0.6) is 17.2 Å². The summed E-state index contributed by atoms with van der Waals surface area (Å²) in [6.45, 7) is 3.64. The van der Waals surface area contributed by atoms with Crippen molar-refractivity contribution < 1.29 is 14.3 Å². The monoisotopic (exact) mass is 319 g/mol. The first-order valence-electron chi connectivity index (χ1n) is 6.92. The molecule has 0 saturated heterocycles. The lowest BCUT2D eigenvalue weighted by molar-refractivity contribution is -0.118. The molecule has 0 bridgehead atoms. The summed E-state index contributed by atoms with van der Waals surface area (Å²) in [6.07, 6.45) is 0. The van der Waals surface area contributed by atoms with Crippen LogP contribution >= 0.6 is 11.6 Å². The molecule has 0 fully saturated rings. The predicted octanol–water partition coefficient (Wildman–Crippen LogP) is 4.74. The number of ether oxygens (including phenoxy) is 2. The number of amides is 1. The van der Waals surface area contributed by atoms with Gasteiger partial charge in [-0.1, -0.05) is 37.6 Å². The summed E-state index contributed by atoms with van der Waals surface area (Å²) < 4.78 is 11.1. The molecule has 0 aromatic heterocycles. The molecule has 0 aliphatic carbocycles. The number of para-hydroxylation sites is 2. The molecule has 0 saturated carbocycles. The first-order chi connectivity index (χ1) is 10.5. The van der Waals surface area contributed by atoms with Crippen molar-refractivity contribution in [2.75, 3.05) is 12.4 Å². The van der Waals surface area contributed by atoms with Gasteiger partial charge in [0.15, 0.2) is 17.2 Å². The summed E-state index contributed by atoms with van der Waals surface area (Å²) in [5, 5.41) is 3.34. The number of carbonyl (C=O) groups excluding carboxylic acids is 1. The lowest BCUT2D eigenvalue weighted by Crippen LogP contribution is -2.18. The van der Waals surface area contributed by atoms with Crippen LogP contribution in [0.25, 0.3) is 0 Å². The summed E-state index contributed by atoms with van der Waals surface area (Å²) >= 11 is 6.01. The first kappa shape index (κ1) is 16.2. The highest BCUT2D eigenvalue weighted by Gasteiger charge is 2.13. The van der Waals surface area contributed by atoms with Crippen molar-refractivity contribution in [3.05, 3.63) is 47.5 Å².